The highest BCUT2D eigenvalue weighted by molar-refractivity contribution is 5.82. The predicted molar refractivity (Wildman–Crippen MR) is 133 cm³/mol. The molecule has 2 N–H and O–H groups in total. The van der Waals surface area contributed by atoms with Crippen LogP contribution in [0, 0.1) is 28.1 Å². The van der Waals surface area contributed by atoms with Gasteiger partial charge in [-0.15, -0.1) is 0 Å². The highest BCUT2D eigenvalue weighted by Gasteiger charge is 2.74. The summed E-state index contributed by atoms with van der Waals surface area (Å²) in [7, 11) is 3.88. The molecule has 36 heavy (non-hydrogen) atoms. The molecule has 3 heterocycles. The molecule has 2 aliphatic heterocycles. The molecule has 1 aromatic carbocycles. The van der Waals surface area contributed by atoms with Crippen LogP contribution in [0.25, 0.3) is 16.7 Å². The van der Waals surface area contributed by atoms with E-state index in [-0.39, 0.29) is 17.4 Å². The van der Waals surface area contributed by atoms with Gasteiger partial charge in [-0.25, -0.2) is 4.98 Å². The Balaban J connectivity index is 1.33. The van der Waals surface area contributed by atoms with Gasteiger partial charge in [0.2, 0.25) is 0 Å². The van der Waals surface area contributed by atoms with Crippen LogP contribution in [-0.2, 0) is 4.74 Å². The van der Waals surface area contributed by atoms with Crippen LogP contribution in [0.2, 0.25) is 0 Å². The van der Waals surface area contributed by atoms with E-state index in [1.54, 1.807) is 0 Å². The molecule has 2 aromatic rings. The van der Waals surface area contributed by atoms with Gasteiger partial charge in [-0.2, -0.15) is 5.26 Å². The molecule has 0 amide bonds. The lowest BCUT2D eigenvalue weighted by Gasteiger charge is -2.61. The van der Waals surface area contributed by atoms with Crippen molar-refractivity contribution in [3.63, 3.8) is 0 Å². The molecule has 8 atom stereocenters. The minimum Gasteiger partial charge on any atom is -0.443 e. The Kier molecular flexibility index (Phi) is 4.46. The number of allylic oxidation sites excluding steroid dienone is 2. The molecule has 2 saturated carbocycles. The Morgan fingerprint density at radius 2 is 2.00 bits per heavy atom. The van der Waals surface area contributed by atoms with Gasteiger partial charge in [-0.1, -0.05) is 25.1 Å². The average molecular weight is 488 g/mol. The minimum absolute atomic E-state index is 0.140. The number of aliphatic hydroxyl groups excluding tert-OH is 2. The van der Waals surface area contributed by atoms with E-state index in [1.165, 1.54) is 12.0 Å². The molecular formula is C29H33N3O4. The van der Waals surface area contributed by atoms with Gasteiger partial charge in [0.05, 0.1) is 23.4 Å². The third kappa shape index (κ3) is 2.54. The summed E-state index contributed by atoms with van der Waals surface area (Å²) in [4.78, 5) is 6.25. The zero-order valence-corrected chi connectivity index (χ0v) is 21.1. The molecule has 8 unspecified atom stereocenters. The Hall–Kier alpha value is -2.50. The summed E-state index contributed by atoms with van der Waals surface area (Å²) in [6.45, 7) is 2.34. The quantitative estimate of drug-likeness (QED) is 0.621. The largest absolute Gasteiger partial charge is 0.443 e. The number of fused-ring (bicyclic) bond motifs is 2. The summed E-state index contributed by atoms with van der Waals surface area (Å²) in [5, 5.41) is 32.9. The van der Waals surface area contributed by atoms with E-state index in [0.717, 1.165) is 47.9 Å². The number of likely N-dealkylation sites (N-methyl/N-ethyl adjacent to an activating group) is 1. The Morgan fingerprint density at radius 1 is 1.17 bits per heavy atom. The molecule has 2 spiro atoms. The molecule has 3 aliphatic carbocycles. The number of oxazole rings is 1. The summed E-state index contributed by atoms with van der Waals surface area (Å²) < 4.78 is 12.8. The van der Waals surface area contributed by atoms with Gasteiger partial charge in [-0.05, 0) is 86.9 Å². The first-order valence-electron chi connectivity index (χ1n) is 13.1. The van der Waals surface area contributed by atoms with Crippen molar-refractivity contribution in [2.24, 2.45) is 16.7 Å². The Bertz CT molecular complexity index is 1370. The predicted octanol–water partition coefficient (Wildman–Crippen LogP) is 3.82. The van der Waals surface area contributed by atoms with E-state index in [4.69, 9.17) is 9.15 Å². The van der Waals surface area contributed by atoms with Gasteiger partial charge in [0.1, 0.15) is 17.0 Å². The average Bonchev–Trinajstić information content (AvgIpc) is 3.56. The molecule has 1 aromatic heterocycles. The number of nitrogens with zero attached hydrogens (tertiary/aromatic N) is 3. The number of nitriles is 1. The maximum absolute atomic E-state index is 11.2. The Morgan fingerprint density at radius 3 is 2.78 bits per heavy atom. The van der Waals surface area contributed by atoms with Crippen molar-refractivity contribution < 1.29 is 19.4 Å². The van der Waals surface area contributed by atoms with E-state index in [2.05, 4.69) is 36.2 Å². The van der Waals surface area contributed by atoms with Gasteiger partial charge in [0.15, 0.2) is 12.0 Å². The van der Waals surface area contributed by atoms with E-state index >= 15 is 0 Å². The smallest absolute Gasteiger partial charge is 0.181 e. The molecule has 5 aliphatic rings. The molecular weight excluding hydrogens is 454 g/mol. The lowest BCUT2D eigenvalue weighted by atomic mass is 9.49. The van der Waals surface area contributed by atoms with Crippen LogP contribution in [0.5, 0.6) is 0 Å². The van der Waals surface area contributed by atoms with E-state index in [0.29, 0.717) is 12.8 Å². The summed E-state index contributed by atoms with van der Waals surface area (Å²) in [5.74, 6) is 0.151. The van der Waals surface area contributed by atoms with Gasteiger partial charge < -0.3 is 24.3 Å². The molecule has 7 rings (SSSR count). The zero-order valence-electron chi connectivity index (χ0n) is 21.1. The van der Waals surface area contributed by atoms with Crippen molar-refractivity contribution in [2.45, 2.75) is 74.9 Å². The van der Waals surface area contributed by atoms with Crippen LogP contribution in [0.15, 0.2) is 46.7 Å². The summed E-state index contributed by atoms with van der Waals surface area (Å²) >= 11 is 0. The number of hydrogen-bond donors (Lipinski definition) is 2. The van der Waals surface area contributed by atoms with Gasteiger partial charge in [-0.3, -0.25) is 0 Å². The highest BCUT2D eigenvalue weighted by Crippen LogP contribution is 2.72. The first-order chi connectivity index (χ1) is 17.2. The number of ether oxygens (including phenoxy) is 1. The summed E-state index contributed by atoms with van der Waals surface area (Å²) in [6, 6.07) is 8.71. The van der Waals surface area contributed by atoms with Crippen molar-refractivity contribution >= 4 is 16.7 Å². The topological polar surface area (TPSA) is 103 Å². The maximum Gasteiger partial charge on any atom is 0.181 e. The molecule has 2 bridgehead atoms. The molecule has 7 heteroatoms. The zero-order chi connectivity index (χ0) is 25.1. The Labute approximate surface area is 211 Å². The van der Waals surface area contributed by atoms with Crippen LogP contribution < -0.4 is 0 Å². The second-order valence-corrected chi connectivity index (χ2v) is 12.2. The molecule has 7 nitrogen and oxygen atoms in total. The van der Waals surface area contributed by atoms with Crippen molar-refractivity contribution in [3.8, 4) is 6.07 Å². The van der Waals surface area contributed by atoms with Crippen molar-refractivity contribution in [3.05, 3.63) is 47.9 Å². The van der Waals surface area contributed by atoms with E-state index in [9.17, 15) is 15.5 Å². The number of benzene rings is 1. The van der Waals surface area contributed by atoms with Crippen LogP contribution in [-0.4, -0.2) is 63.6 Å². The fourth-order valence-electron chi connectivity index (χ4n) is 8.71. The molecule has 3 fully saturated rings. The highest BCUT2D eigenvalue weighted by atomic mass is 16.5. The van der Waals surface area contributed by atoms with Crippen LogP contribution in [0.3, 0.4) is 0 Å². The van der Waals surface area contributed by atoms with Gasteiger partial charge in [0.25, 0.3) is 0 Å². The first kappa shape index (κ1) is 22.7. The lowest BCUT2D eigenvalue weighted by Crippen LogP contribution is -2.66. The maximum atomic E-state index is 11.2. The second kappa shape index (κ2) is 7.08. The SMILES string of the molecule is CN(C)C1CC23CCC4(O2)C2CC=C(c5ccc6ncoc6c5)C2(C)CCC4(C#N)C=C3C(O)C1O. The monoisotopic (exact) mass is 487 g/mol. The van der Waals surface area contributed by atoms with Crippen LogP contribution in [0.4, 0.5) is 0 Å². The summed E-state index contributed by atoms with van der Waals surface area (Å²) in [5.41, 5.74) is 2.61. The lowest BCUT2D eigenvalue weighted by molar-refractivity contribution is -0.223. The van der Waals surface area contributed by atoms with Crippen molar-refractivity contribution in [1.29, 1.82) is 5.26 Å². The first-order valence-corrected chi connectivity index (χ1v) is 13.1. The molecule has 188 valence electrons. The molecule has 1 saturated heterocycles. The van der Waals surface area contributed by atoms with Crippen LogP contribution >= 0.6 is 0 Å². The number of aromatic nitrogens is 1. The van der Waals surface area contributed by atoms with E-state index in [1.807, 2.05) is 31.1 Å². The number of aliphatic hydroxyl groups is 2. The normalized spacial score (nSPS) is 45.0. The van der Waals surface area contributed by atoms with Gasteiger partial charge >= 0.3 is 0 Å². The third-order valence-corrected chi connectivity index (χ3v) is 10.6. The van der Waals surface area contributed by atoms with E-state index < -0.39 is 28.8 Å². The fourth-order valence-corrected chi connectivity index (χ4v) is 8.71. The molecule has 0 radical (unpaired) electrons. The number of rotatable bonds is 2. The van der Waals surface area contributed by atoms with Crippen molar-refractivity contribution in [2.75, 3.05) is 14.1 Å². The second-order valence-electron chi connectivity index (χ2n) is 12.2. The minimum atomic E-state index is -1.02. The summed E-state index contributed by atoms with van der Waals surface area (Å²) in [6.07, 6.45) is 8.50. The van der Waals surface area contributed by atoms with Crippen molar-refractivity contribution in [1.82, 2.24) is 9.88 Å². The van der Waals surface area contributed by atoms with Gasteiger partial charge in [0, 0.05) is 12.0 Å². The standard InChI is InChI=1S/C29H33N3O4/c1-26-8-9-27(15-30)13-19-24(33)25(34)21(32(2)3)14-28(19)10-11-29(27,36-28)23(26)7-5-18(26)17-4-6-20-22(12-17)35-16-31-20/h4-6,12-13,16,21,23-25,33-34H,7-11,14H2,1-3H3. The third-order valence-electron chi connectivity index (χ3n) is 10.6. The number of hydrogen-bond acceptors (Lipinski definition) is 7. The fraction of sp³-hybridized carbons (Fsp3) is 0.586. The van der Waals surface area contributed by atoms with Crippen LogP contribution in [0.1, 0.15) is 51.0 Å².